The highest BCUT2D eigenvalue weighted by Crippen LogP contribution is 2.14. The summed E-state index contributed by atoms with van der Waals surface area (Å²) >= 11 is 5.74. The number of anilines is 1. The van der Waals surface area contributed by atoms with Crippen molar-refractivity contribution in [1.82, 2.24) is 15.0 Å². The Balaban J connectivity index is 2.92. The maximum Gasteiger partial charge on any atom is 0.322 e. The van der Waals surface area contributed by atoms with Gasteiger partial charge in [0.1, 0.15) is 0 Å². The summed E-state index contributed by atoms with van der Waals surface area (Å²) in [7, 11) is 0. The van der Waals surface area contributed by atoms with E-state index >= 15 is 0 Å². The van der Waals surface area contributed by atoms with E-state index in [0.29, 0.717) is 19.7 Å². The first-order valence-electron chi connectivity index (χ1n) is 5.22. The minimum Gasteiger partial charge on any atom is -0.464 e. The Kier molecular flexibility index (Phi) is 5.88. The molecule has 0 aliphatic rings. The van der Waals surface area contributed by atoms with E-state index < -0.39 is 0 Å². The zero-order valence-electron chi connectivity index (χ0n) is 9.51. The number of rotatable bonds is 7. The standard InChI is InChI=1S/C9H15ClN4O3/c1-2-17-9-12-7(10)11-8(13-9)14(3-5-15)4-6-16/h15-16H,2-6H2,1H3. The molecule has 0 aliphatic carbocycles. The van der Waals surface area contributed by atoms with Crippen LogP contribution in [0.25, 0.3) is 0 Å². The number of hydrogen-bond acceptors (Lipinski definition) is 7. The van der Waals surface area contributed by atoms with Gasteiger partial charge in [0.15, 0.2) is 0 Å². The van der Waals surface area contributed by atoms with E-state index in [4.69, 9.17) is 26.6 Å². The first-order chi connectivity index (χ1) is 8.21. The van der Waals surface area contributed by atoms with E-state index in [9.17, 15) is 0 Å². The number of halogens is 1. The third-order valence-corrected chi connectivity index (χ3v) is 2.04. The van der Waals surface area contributed by atoms with Crippen LogP contribution in [0.4, 0.5) is 5.95 Å². The normalized spacial score (nSPS) is 10.4. The Morgan fingerprint density at radius 3 is 2.35 bits per heavy atom. The SMILES string of the molecule is CCOc1nc(Cl)nc(N(CCO)CCO)n1. The molecule has 0 atom stereocenters. The zero-order valence-corrected chi connectivity index (χ0v) is 10.3. The molecule has 1 aromatic rings. The summed E-state index contributed by atoms with van der Waals surface area (Å²) in [6, 6.07) is 0.128. The Morgan fingerprint density at radius 2 is 1.82 bits per heavy atom. The number of ether oxygens (including phenoxy) is 1. The van der Waals surface area contributed by atoms with Crippen LogP contribution in [0.15, 0.2) is 0 Å². The molecule has 0 fully saturated rings. The molecule has 1 aromatic heterocycles. The van der Waals surface area contributed by atoms with Crippen LogP contribution >= 0.6 is 11.6 Å². The summed E-state index contributed by atoms with van der Waals surface area (Å²) in [6.07, 6.45) is 0. The minimum absolute atomic E-state index is 0.0133. The molecule has 0 saturated carbocycles. The van der Waals surface area contributed by atoms with E-state index in [0.717, 1.165) is 0 Å². The number of nitrogens with zero attached hydrogens (tertiary/aromatic N) is 4. The van der Waals surface area contributed by atoms with Gasteiger partial charge < -0.3 is 19.8 Å². The maximum atomic E-state index is 8.91. The van der Waals surface area contributed by atoms with Gasteiger partial charge in [-0.2, -0.15) is 15.0 Å². The molecule has 96 valence electrons. The smallest absolute Gasteiger partial charge is 0.322 e. The first-order valence-corrected chi connectivity index (χ1v) is 5.60. The zero-order chi connectivity index (χ0) is 12.7. The molecule has 0 spiro atoms. The van der Waals surface area contributed by atoms with Gasteiger partial charge in [0, 0.05) is 13.1 Å². The topological polar surface area (TPSA) is 91.6 Å². The summed E-state index contributed by atoms with van der Waals surface area (Å²) in [4.78, 5) is 13.3. The molecule has 0 unspecified atom stereocenters. The average Bonchev–Trinajstić information content (AvgIpc) is 2.28. The molecular weight excluding hydrogens is 248 g/mol. The van der Waals surface area contributed by atoms with Crippen LogP contribution in [-0.4, -0.2) is 58.1 Å². The number of aliphatic hydroxyl groups excluding tert-OH is 2. The van der Waals surface area contributed by atoms with Gasteiger partial charge in [0.05, 0.1) is 19.8 Å². The molecule has 0 aromatic carbocycles. The molecule has 7 nitrogen and oxygen atoms in total. The van der Waals surface area contributed by atoms with Crippen LogP contribution in [0.2, 0.25) is 5.28 Å². The second-order valence-electron chi connectivity index (χ2n) is 3.05. The van der Waals surface area contributed by atoms with Gasteiger partial charge in [-0.1, -0.05) is 0 Å². The molecule has 0 amide bonds. The summed E-state index contributed by atoms with van der Waals surface area (Å²) in [5.41, 5.74) is 0. The highest BCUT2D eigenvalue weighted by atomic mass is 35.5. The molecule has 1 rings (SSSR count). The van der Waals surface area contributed by atoms with Gasteiger partial charge >= 0.3 is 6.01 Å². The van der Waals surface area contributed by atoms with Crippen molar-refractivity contribution in [3.8, 4) is 6.01 Å². The lowest BCUT2D eigenvalue weighted by Crippen LogP contribution is -2.31. The van der Waals surface area contributed by atoms with Crippen LogP contribution in [-0.2, 0) is 0 Å². The fourth-order valence-electron chi connectivity index (χ4n) is 1.21. The molecule has 0 aliphatic heterocycles. The fourth-order valence-corrected chi connectivity index (χ4v) is 1.36. The van der Waals surface area contributed by atoms with Gasteiger partial charge in [0.2, 0.25) is 11.2 Å². The number of aromatic nitrogens is 3. The predicted molar refractivity (Wildman–Crippen MR) is 62.4 cm³/mol. The number of aliphatic hydroxyl groups is 2. The van der Waals surface area contributed by atoms with E-state index in [1.165, 1.54) is 0 Å². The molecule has 0 bridgehead atoms. The third-order valence-electron chi connectivity index (χ3n) is 1.87. The van der Waals surface area contributed by atoms with Gasteiger partial charge in [-0.15, -0.1) is 0 Å². The Morgan fingerprint density at radius 1 is 1.18 bits per heavy atom. The first kappa shape index (κ1) is 13.9. The van der Waals surface area contributed by atoms with E-state index in [2.05, 4.69) is 15.0 Å². The van der Waals surface area contributed by atoms with Crippen molar-refractivity contribution >= 4 is 17.5 Å². The van der Waals surface area contributed by atoms with E-state index in [-0.39, 0.29) is 30.5 Å². The van der Waals surface area contributed by atoms with Crippen LogP contribution in [0, 0.1) is 0 Å². The maximum absolute atomic E-state index is 8.91. The van der Waals surface area contributed by atoms with Crippen molar-refractivity contribution in [2.75, 3.05) is 37.8 Å². The van der Waals surface area contributed by atoms with Crippen molar-refractivity contribution in [3.63, 3.8) is 0 Å². The van der Waals surface area contributed by atoms with E-state index in [1.54, 1.807) is 11.8 Å². The summed E-state index contributed by atoms with van der Waals surface area (Å²) in [6.45, 7) is 2.66. The van der Waals surface area contributed by atoms with Gasteiger partial charge in [-0.25, -0.2) is 0 Å². The van der Waals surface area contributed by atoms with Gasteiger partial charge in [-0.05, 0) is 18.5 Å². The van der Waals surface area contributed by atoms with Crippen molar-refractivity contribution in [1.29, 1.82) is 0 Å². The van der Waals surface area contributed by atoms with Crippen LogP contribution in [0.5, 0.6) is 6.01 Å². The summed E-state index contributed by atoms with van der Waals surface area (Å²) in [5.74, 6) is 0.275. The van der Waals surface area contributed by atoms with Crippen molar-refractivity contribution in [3.05, 3.63) is 5.28 Å². The lowest BCUT2D eigenvalue weighted by molar-refractivity contribution is 0.278. The van der Waals surface area contributed by atoms with Crippen LogP contribution in [0.1, 0.15) is 6.92 Å². The van der Waals surface area contributed by atoms with Crippen molar-refractivity contribution in [2.24, 2.45) is 0 Å². The lowest BCUT2D eigenvalue weighted by Gasteiger charge is -2.20. The Labute approximate surface area is 104 Å². The fraction of sp³-hybridized carbons (Fsp3) is 0.667. The monoisotopic (exact) mass is 262 g/mol. The lowest BCUT2D eigenvalue weighted by atomic mass is 10.5. The highest BCUT2D eigenvalue weighted by molar-refractivity contribution is 6.28. The van der Waals surface area contributed by atoms with Gasteiger partial charge in [-0.3, -0.25) is 0 Å². The average molecular weight is 263 g/mol. The molecule has 1 heterocycles. The Hall–Kier alpha value is -1.18. The second kappa shape index (κ2) is 7.21. The quantitative estimate of drug-likeness (QED) is 0.698. The Bertz CT molecular complexity index is 347. The molecular formula is C9H15ClN4O3. The molecule has 8 heteroatoms. The molecule has 0 radical (unpaired) electrons. The van der Waals surface area contributed by atoms with Crippen LogP contribution < -0.4 is 9.64 Å². The summed E-state index contributed by atoms with van der Waals surface area (Å²) in [5, 5.41) is 17.8. The second-order valence-corrected chi connectivity index (χ2v) is 3.39. The predicted octanol–water partition coefficient (Wildman–Crippen LogP) is -0.285. The van der Waals surface area contributed by atoms with Crippen molar-refractivity contribution < 1.29 is 14.9 Å². The highest BCUT2D eigenvalue weighted by Gasteiger charge is 2.12. The van der Waals surface area contributed by atoms with Gasteiger partial charge in [0.25, 0.3) is 0 Å². The largest absolute Gasteiger partial charge is 0.464 e. The summed E-state index contributed by atoms with van der Waals surface area (Å²) < 4.78 is 5.14. The third kappa shape index (κ3) is 4.29. The van der Waals surface area contributed by atoms with E-state index in [1.807, 2.05) is 0 Å². The number of hydrogen-bond donors (Lipinski definition) is 2. The molecule has 2 N–H and O–H groups in total. The molecule has 0 saturated heterocycles. The van der Waals surface area contributed by atoms with Crippen LogP contribution in [0.3, 0.4) is 0 Å². The van der Waals surface area contributed by atoms with Crippen molar-refractivity contribution in [2.45, 2.75) is 6.92 Å². The minimum atomic E-state index is -0.0761. The molecule has 17 heavy (non-hydrogen) atoms.